The summed E-state index contributed by atoms with van der Waals surface area (Å²) < 4.78 is 5.65. The van der Waals surface area contributed by atoms with Crippen LogP contribution in [-0.2, 0) is 9.53 Å². The number of rotatable bonds is 3. The fourth-order valence-corrected chi connectivity index (χ4v) is 3.95. The van der Waals surface area contributed by atoms with Crippen molar-refractivity contribution in [2.24, 2.45) is 10.7 Å². The molecule has 1 fully saturated rings. The minimum absolute atomic E-state index is 0.214. The number of ether oxygens (including phenoxy) is 1. The number of fused-ring (bicyclic) bond motifs is 1. The molecular formula is C22H32N4O3. The van der Waals surface area contributed by atoms with E-state index in [0.717, 1.165) is 36.9 Å². The number of hydrogen-bond acceptors (Lipinski definition) is 5. The van der Waals surface area contributed by atoms with Crippen molar-refractivity contribution in [1.29, 1.82) is 0 Å². The number of benzene rings is 1. The average Bonchev–Trinajstić information content (AvgIpc) is 2.77. The zero-order valence-electron chi connectivity index (χ0n) is 17.9. The van der Waals surface area contributed by atoms with Crippen LogP contribution >= 0.6 is 0 Å². The van der Waals surface area contributed by atoms with Crippen LogP contribution in [0.15, 0.2) is 29.3 Å². The van der Waals surface area contributed by atoms with Crippen molar-refractivity contribution in [1.82, 2.24) is 4.90 Å². The Hall–Kier alpha value is -2.41. The van der Waals surface area contributed by atoms with Gasteiger partial charge in [0.25, 0.3) is 5.91 Å². The number of nitrogens with zero attached hydrogens (tertiary/aromatic N) is 3. The molecule has 2 N–H and O–H groups in total. The largest absolute Gasteiger partial charge is 0.444 e. The summed E-state index contributed by atoms with van der Waals surface area (Å²) in [6.45, 7) is 8.79. The predicted octanol–water partition coefficient (Wildman–Crippen LogP) is 3.31. The number of piperidine rings is 1. The van der Waals surface area contributed by atoms with E-state index in [-0.39, 0.29) is 18.0 Å². The van der Waals surface area contributed by atoms with E-state index in [4.69, 9.17) is 10.5 Å². The molecule has 7 nitrogen and oxygen atoms in total. The van der Waals surface area contributed by atoms with Crippen LogP contribution in [0.25, 0.3) is 0 Å². The van der Waals surface area contributed by atoms with Crippen molar-refractivity contribution in [3.05, 3.63) is 29.8 Å². The Morgan fingerprint density at radius 2 is 2.00 bits per heavy atom. The minimum Gasteiger partial charge on any atom is -0.444 e. The van der Waals surface area contributed by atoms with Crippen molar-refractivity contribution in [2.45, 2.75) is 71.2 Å². The number of likely N-dealkylation sites (tertiary alicyclic amines) is 1. The molecule has 3 rings (SSSR count). The molecule has 0 radical (unpaired) electrons. The van der Waals surface area contributed by atoms with E-state index >= 15 is 0 Å². The van der Waals surface area contributed by atoms with E-state index < -0.39 is 11.8 Å². The summed E-state index contributed by atoms with van der Waals surface area (Å²) in [6, 6.07) is 7.47. The Balaban J connectivity index is 2.04. The van der Waals surface area contributed by atoms with Gasteiger partial charge < -0.3 is 15.4 Å². The maximum Gasteiger partial charge on any atom is 0.410 e. The van der Waals surface area contributed by atoms with Gasteiger partial charge in [0.2, 0.25) is 0 Å². The molecule has 1 saturated heterocycles. The monoisotopic (exact) mass is 400 g/mol. The second-order valence-electron chi connectivity index (χ2n) is 8.65. The SMILES string of the molecule is CCCN1C(=O)C(N)N=C(C2CCCCN2C(=O)OC(C)(C)C)c2ccccc21. The number of carbonyl (C=O) groups excluding carboxylic acids is 2. The molecule has 2 aliphatic rings. The summed E-state index contributed by atoms with van der Waals surface area (Å²) in [5.41, 5.74) is 7.98. The van der Waals surface area contributed by atoms with Gasteiger partial charge in [-0.2, -0.15) is 0 Å². The van der Waals surface area contributed by atoms with Gasteiger partial charge in [0.1, 0.15) is 5.60 Å². The van der Waals surface area contributed by atoms with Gasteiger partial charge in [0, 0.05) is 18.7 Å². The third-order valence-corrected chi connectivity index (χ3v) is 5.16. The minimum atomic E-state index is -0.980. The van der Waals surface area contributed by atoms with Gasteiger partial charge in [-0.05, 0) is 52.5 Å². The van der Waals surface area contributed by atoms with Crippen LogP contribution in [0.3, 0.4) is 0 Å². The summed E-state index contributed by atoms with van der Waals surface area (Å²) in [6.07, 6.45) is 2.14. The molecule has 2 heterocycles. The number of hydrogen-bond donors (Lipinski definition) is 1. The van der Waals surface area contributed by atoms with E-state index in [9.17, 15) is 9.59 Å². The zero-order valence-corrected chi connectivity index (χ0v) is 17.9. The van der Waals surface area contributed by atoms with Crippen molar-refractivity contribution in [3.8, 4) is 0 Å². The first-order chi connectivity index (χ1) is 13.7. The highest BCUT2D eigenvalue weighted by Gasteiger charge is 2.38. The van der Waals surface area contributed by atoms with E-state index in [2.05, 4.69) is 4.99 Å². The molecule has 2 unspecified atom stereocenters. The lowest BCUT2D eigenvalue weighted by atomic mass is 9.92. The number of nitrogens with two attached hydrogens (primary N) is 1. The van der Waals surface area contributed by atoms with Crippen LogP contribution in [-0.4, -0.2) is 53.5 Å². The van der Waals surface area contributed by atoms with Gasteiger partial charge in [-0.15, -0.1) is 0 Å². The Kier molecular flexibility index (Phi) is 6.27. The topological polar surface area (TPSA) is 88.2 Å². The first kappa shape index (κ1) is 21.3. The van der Waals surface area contributed by atoms with Crippen LogP contribution < -0.4 is 10.6 Å². The second kappa shape index (κ2) is 8.53. The number of anilines is 1. The molecule has 29 heavy (non-hydrogen) atoms. The number of para-hydroxylation sites is 1. The Morgan fingerprint density at radius 3 is 2.69 bits per heavy atom. The number of aliphatic imine (C=N–C) groups is 1. The van der Waals surface area contributed by atoms with Crippen LogP contribution in [0.2, 0.25) is 0 Å². The van der Waals surface area contributed by atoms with Gasteiger partial charge in [-0.25, -0.2) is 4.79 Å². The van der Waals surface area contributed by atoms with Gasteiger partial charge in [-0.1, -0.05) is 25.1 Å². The quantitative estimate of drug-likeness (QED) is 0.843. The van der Waals surface area contributed by atoms with Crippen LogP contribution in [0.4, 0.5) is 10.5 Å². The molecule has 0 spiro atoms. The van der Waals surface area contributed by atoms with Crippen molar-refractivity contribution < 1.29 is 14.3 Å². The highest BCUT2D eigenvalue weighted by Crippen LogP contribution is 2.31. The molecule has 0 aliphatic carbocycles. The summed E-state index contributed by atoms with van der Waals surface area (Å²) in [4.78, 5) is 33.9. The van der Waals surface area contributed by atoms with Gasteiger partial charge in [0.15, 0.2) is 6.17 Å². The number of amides is 2. The first-order valence-corrected chi connectivity index (χ1v) is 10.5. The molecule has 158 valence electrons. The molecule has 2 aliphatic heterocycles. The Morgan fingerprint density at radius 1 is 1.28 bits per heavy atom. The fraction of sp³-hybridized carbons (Fsp3) is 0.591. The van der Waals surface area contributed by atoms with Gasteiger partial charge >= 0.3 is 6.09 Å². The van der Waals surface area contributed by atoms with E-state index in [0.29, 0.717) is 18.8 Å². The number of benzodiazepines with no additional fused rings is 1. The van der Waals surface area contributed by atoms with Crippen molar-refractivity contribution in [3.63, 3.8) is 0 Å². The van der Waals surface area contributed by atoms with Crippen LogP contribution in [0.1, 0.15) is 58.9 Å². The van der Waals surface area contributed by atoms with Gasteiger partial charge in [0.05, 0.1) is 17.4 Å². The lowest BCUT2D eigenvalue weighted by Gasteiger charge is -2.37. The normalized spacial score (nSPS) is 22.7. The molecular weight excluding hydrogens is 368 g/mol. The van der Waals surface area contributed by atoms with Crippen LogP contribution in [0.5, 0.6) is 0 Å². The molecule has 0 aromatic heterocycles. The number of carbonyl (C=O) groups is 2. The molecule has 2 amide bonds. The molecule has 0 bridgehead atoms. The third kappa shape index (κ3) is 4.61. The maximum absolute atomic E-state index is 12.9. The first-order valence-electron chi connectivity index (χ1n) is 10.5. The van der Waals surface area contributed by atoms with E-state index in [1.54, 1.807) is 9.80 Å². The van der Waals surface area contributed by atoms with Crippen LogP contribution in [0, 0.1) is 0 Å². The third-order valence-electron chi connectivity index (χ3n) is 5.16. The lowest BCUT2D eigenvalue weighted by molar-refractivity contribution is -0.119. The second-order valence-corrected chi connectivity index (χ2v) is 8.65. The van der Waals surface area contributed by atoms with Crippen molar-refractivity contribution in [2.75, 3.05) is 18.0 Å². The van der Waals surface area contributed by atoms with Crippen molar-refractivity contribution >= 4 is 23.4 Å². The molecule has 1 aromatic carbocycles. The Bertz CT molecular complexity index is 799. The molecule has 0 saturated carbocycles. The standard InChI is InChI=1S/C22H32N4O3/c1-5-13-25-16-11-7-6-10-15(16)18(24-19(23)20(25)27)17-12-8-9-14-26(17)21(28)29-22(2,3)4/h6-7,10-11,17,19H,5,8-9,12-14,23H2,1-4H3. The average molecular weight is 401 g/mol. The maximum atomic E-state index is 12.9. The highest BCUT2D eigenvalue weighted by atomic mass is 16.6. The fourth-order valence-electron chi connectivity index (χ4n) is 3.95. The molecule has 1 aromatic rings. The van der Waals surface area contributed by atoms with E-state index in [1.165, 1.54) is 0 Å². The summed E-state index contributed by atoms with van der Waals surface area (Å²) in [5.74, 6) is -0.214. The summed E-state index contributed by atoms with van der Waals surface area (Å²) in [7, 11) is 0. The predicted molar refractivity (Wildman–Crippen MR) is 114 cm³/mol. The van der Waals surface area contributed by atoms with E-state index in [1.807, 2.05) is 52.0 Å². The lowest BCUT2D eigenvalue weighted by Crippen LogP contribution is -2.50. The zero-order chi connectivity index (χ0) is 21.2. The summed E-state index contributed by atoms with van der Waals surface area (Å²) >= 11 is 0. The summed E-state index contributed by atoms with van der Waals surface area (Å²) in [5, 5.41) is 0. The molecule has 7 heteroatoms. The molecule has 2 atom stereocenters. The Labute approximate surface area is 172 Å². The highest BCUT2D eigenvalue weighted by molar-refractivity contribution is 6.15. The van der Waals surface area contributed by atoms with Gasteiger partial charge in [-0.3, -0.25) is 14.7 Å². The smallest absolute Gasteiger partial charge is 0.410 e.